The molecule has 150 valence electrons. The fourth-order valence-corrected chi connectivity index (χ4v) is 4.70. The van der Waals surface area contributed by atoms with Crippen LogP contribution in [0.3, 0.4) is 0 Å². The first-order chi connectivity index (χ1) is 14.6. The minimum atomic E-state index is -0.151. The van der Waals surface area contributed by atoms with Crippen molar-refractivity contribution in [1.29, 1.82) is 0 Å². The maximum absolute atomic E-state index is 12.3. The van der Waals surface area contributed by atoms with Crippen LogP contribution in [0.4, 0.5) is 11.4 Å². The molecule has 0 fully saturated rings. The van der Waals surface area contributed by atoms with E-state index in [1.807, 2.05) is 67.6 Å². The van der Waals surface area contributed by atoms with Crippen LogP contribution < -0.4 is 10.6 Å². The molecule has 2 N–H and O–H groups in total. The number of aryl methyl sites for hydroxylation is 1. The monoisotopic (exact) mass is 433 g/mol. The van der Waals surface area contributed by atoms with Crippen molar-refractivity contribution in [2.45, 2.75) is 11.3 Å². The number of nitrogens with zero attached hydrogens (tertiary/aromatic N) is 1. The molecule has 0 radical (unpaired) electrons. The van der Waals surface area contributed by atoms with Crippen LogP contribution in [-0.2, 0) is 4.79 Å². The van der Waals surface area contributed by atoms with Gasteiger partial charge in [0.15, 0.2) is 4.34 Å². The summed E-state index contributed by atoms with van der Waals surface area (Å²) in [6.45, 7) is 2.01. The number of thiazole rings is 1. The smallest absolute Gasteiger partial charge is 0.255 e. The Bertz CT molecular complexity index is 1190. The quantitative estimate of drug-likeness (QED) is 0.389. The lowest BCUT2D eigenvalue weighted by Gasteiger charge is -2.04. The summed E-state index contributed by atoms with van der Waals surface area (Å²) in [5, 5.41) is 5.80. The third-order valence-corrected chi connectivity index (χ3v) is 6.49. The number of hydrogen-bond donors (Lipinski definition) is 2. The molecule has 0 aliphatic carbocycles. The van der Waals surface area contributed by atoms with Crippen LogP contribution in [0, 0.1) is 6.92 Å². The molecule has 0 aliphatic heterocycles. The number of anilines is 2. The lowest BCUT2D eigenvalue weighted by Crippen LogP contribution is -2.13. The first-order valence-corrected chi connectivity index (χ1v) is 11.1. The van der Waals surface area contributed by atoms with E-state index < -0.39 is 0 Å². The lowest BCUT2D eigenvalue weighted by atomic mass is 10.2. The van der Waals surface area contributed by atoms with E-state index in [0.717, 1.165) is 25.8 Å². The summed E-state index contributed by atoms with van der Waals surface area (Å²) >= 11 is 2.91. The van der Waals surface area contributed by atoms with Crippen molar-refractivity contribution in [1.82, 2.24) is 4.98 Å². The van der Waals surface area contributed by atoms with Crippen LogP contribution in [0.25, 0.3) is 10.2 Å². The highest BCUT2D eigenvalue weighted by Gasteiger charge is 2.10. The van der Waals surface area contributed by atoms with Gasteiger partial charge in [0.2, 0.25) is 5.91 Å². The molecule has 0 spiro atoms. The van der Waals surface area contributed by atoms with Gasteiger partial charge in [0, 0.05) is 16.9 Å². The molecule has 0 unspecified atom stereocenters. The predicted molar refractivity (Wildman–Crippen MR) is 125 cm³/mol. The Kier molecular flexibility index (Phi) is 6.11. The number of fused-ring (bicyclic) bond motifs is 1. The normalized spacial score (nSPS) is 10.7. The zero-order chi connectivity index (χ0) is 20.9. The summed E-state index contributed by atoms with van der Waals surface area (Å²) in [6, 6.07) is 22.4. The number of amides is 2. The van der Waals surface area contributed by atoms with Crippen molar-refractivity contribution in [2.75, 3.05) is 16.4 Å². The summed E-state index contributed by atoms with van der Waals surface area (Å²) in [5.74, 6) is 0.0615. The molecule has 0 atom stereocenters. The van der Waals surface area contributed by atoms with Crippen LogP contribution in [0.15, 0.2) is 77.1 Å². The molecule has 2 amide bonds. The Balaban J connectivity index is 1.38. The molecule has 1 aromatic heterocycles. The van der Waals surface area contributed by atoms with E-state index in [4.69, 9.17) is 0 Å². The Morgan fingerprint density at radius 3 is 2.43 bits per heavy atom. The Hall–Kier alpha value is -3.16. The van der Waals surface area contributed by atoms with Gasteiger partial charge in [0.1, 0.15) is 0 Å². The molecule has 0 saturated heterocycles. The Labute approximate surface area is 182 Å². The van der Waals surface area contributed by atoms with Gasteiger partial charge in [-0.25, -0.2) is 4.98 Å². The number of aromatic nitrogens is 1. The van der Waals surface area contributed by atoms with E-state index in [1.165, 1.54) is 23.1 Å². The van der Waals surface area contributed by atoms with E-state index in [0.29, 0.717) is 11.3 Å². The van der Waals surface area contributed by atoms with Gasteiger partial charge >= 0.3 is 0 Å². The molecular weight excluding hydrogens is 414 g/mol. The van der Waals surface area contributed by atoms with Crippen LogP contribution >= 0.6 is 23.1 Å². The molecule has 5 nitrogen and oxygen atoms in total. The third kappa shape index (κ3) is 5.06. The van der Waals surface area contributed by atoms with Gasteiger partial charge in [-0.3, -0.25) is 9.59 Å². The fourth-order valence-electron chi connectivity index (χ4n) is 2.80. The Morgan fingerprint density at radius 2 is 1.67 bits per heavy atom. The highest BCUT2D eigenvalue weighted by molar-refractivity contribution is 8.01. The molecule has 4 aromatic rings. The lowest BCUT2D eigenvalue weighted by molar-refractivity contribution is -0.113. The van der Waals surface area contributed by atoms with Crippen LogP contribution in [-0.4, -0.2) is 22.6 Å². The van der Waals surface area contributed by atoms with Gasteiger partial charge < -0.3 is 10.6 Å². The maximum Gasteiger partial charge on any atom is 0.255 e. The third-order valence-electron chi connectivity index (χ3n) is 4.32. The number of carbonyl (C=O) groups excluding carboxylic acids is 2. The van der Waals surface area contributed by atoms with E-state index in [2.05, 4.69) is 15.6 Å². The molecule has 30 heavy (non-hydrogen) atoms. The first kappa shape index (κ1) is 20.1. The average Bonchev–Trinajstić information content (AvgIpc) is 3.17. The second-order valence-electron chi connectivity index (χ2n) is 6.69. The number of carbonyl (C=O) groups is 2. The molecule has 4 rings (SSSR count). The predicted octanol–water partition coefficient (Wildman–Crippen LogP) is 5.59. The number of benzene rings is 3. The minimum Gasteiger partial charge on any atom is -0.325 e. The average molecular weight is 434 g/mol. The number of thioether (sulfide) groups is 1. The molecule has 3 aromatic carbocycles. The second-order valence-corrected chi connectivity index (χ2v) is 8.94. The molecule has 0 saturated carbocycles. The first-order valence-electron chi connectivity index (χ1n) is 9.33. The molecule has 1 heterocycles. The summed E-state index contributed by atoms with van der Waals surface area (Å²) in [5.41, 5.74) is 4.11. The molecule has 0 aliphatic rings. The minimum absolute atomic E-state index is 0.0704. The zero-order valence-corrected chi connectivity index (χ0v) is 17.8. The van der Waals surface area contributed by atoms with Gasteiger partial charge in [0.25, 0.3) is 5.91 Å². The molecule has 7 heteroatoms. The van der Waals surface area contributed by atoms with Crippen LogP contribution in [0.1, 0.15) is 15.9 Å². The molecular formula is C23H19N3O2S2. The van der Waals surface area contributed by atoms with Crippen LogP contribution in [0.2, 0.25) is 0 Å². The largest absolute Gasteiger partial charge is 0.325 e. The van der Waals surface area contributed by atoms with Gasteiger partial charge in [0.05, 0.1) is 16.0 Å². The van der Waals surface area contributed by atoms with Gasteiger partial charge in [-0.05, 0) is 49.4 Å². The maximum atomic E-state index is 12.3. The van der Waals surface area contributed by atoms with E-state index in [1.54, 1.807) is 12.1 Å². The van der Waals surface area contributed by atoms with Gasteiger partial charge in [-0.2, -0.15) is 0 Å². The number of hydrogen-bond acceptors (Lipinski definition) is 5. The SMILES string of the molecule is Cc1ccc(NC(=O)CSc2nc3ccc(NC(=O)c4ccccc4)cc3s2)cc1. The van der Waals surface area contributed by atoms with E-state index in [9.17, 15) is 9.59 Å². The highest BCUT2D eigenvalue weighted by Crippen LogP contribution is 2.31. The van der Waals surface area contributed by atoms with Crippen molar-refractivity contribution in [3.8, 4) is 0 Å². The van der Waals surface area contributed by atoms with Gasteiger partial charge in [-0.1, -0.05) is 47.7 Å². The van der Waals surface area contributed by atoms with Crippen molar-refractivity contribution in [2.24, 2.45) is 0 Å². The summed E-state index contributed by atoms with van der Waals surface area (Å²) in [4.78, 5) is 29.1. The summed E-state index contributed by atoms with van der Waals surface area (Å²) in [6.07, 6.45) is 0. The summed E-state index contributed by atoms with van der Waals surface area (Å²) in [7, 11) is 0. The van der Waals surface area contributed by atoms with Gasteiger partial charge in [-0.15, -0.1) is 11.3 Å². The van der Waals surface area contributed by atoms with E-state index >= 15 is 0 Å². The fraction of sp³-hybridized carbons (Fsp3) is 0.0870. The number of nitrogens with one attached hydrogen (secondary N) is 2. The highest BCUT2D eigenvalue weighted by atomic mass is 32.2. The zero-order valence-electron chi connectivity index (χ0n) is 16.2. The van der Waals surface area contributed by atoms with Crippen molar-refractivity contribution in [3.05, 3.63) is 83.9 Å². The van der Waals surface area contributed by atoms with Crippen molar-refractivity contribution < 1.29 is 9.59 Å². The number of rotatable bonds is 6. The van der Waals surface area contributed by atoms with Crippen molar-refractivity contribution in [3.63, 3.8) is 0 Å². The van der Waals surface area contributed by atoms with Crippen molar-refractivity contribution >= 4 is 56.5 Å². The topological polar surface area (TPSA) is 71.1 Å². The van der Waals surface area contributed by atoms with Crippen LogP contribution in [0.5, 0.6) is 0 Å². The standard InChI is InChI=1S/C23H19N3O2S2/c1-15-7-9-17(10-8-15)24-21(27)14-29-23-26-19-12-11-18(13-20(19)30-23)25-22(28)16-5-3-2-4-6-16/h2-13H,14H2,1H3,(H,24,27)(H,25,28). The Morgan fingerprint density at radius 1 is 0.933 bits per heavy atom. The molecule has 0 bridgehead atoms. The second kappa shape index (κ2) is 9.11. The van der Waals surface area contributed by atoms with E-state index in [-0.39, 0.29) is 17.6 Å². The summed E-state index contributed by atoms with van der Waals surface area (Å²) < 4.78 is 1.78.